The van der Waals surface area contributed by atoms with Crippen molar-refractivity contribution in [3.63, 3.8) is 0 Å². The summed E-state index contributed by atoms with van der Waals surface area (Å²) in [6.45, 7) is 2.62. The predicted molar refractivity (Wildman–Crippen MR) is 74.0 cm³/mol. The van der Waals surface area contributed by atoms with Crippen molar-refractivity contribution in [2.75, 3.05) is 6.61 Å². The second-order valence-electron chi connectivity index (χ2n) is 4.78. The van der Waals surface area contributed by atoms with E-state index in [9.17, 15) is 4.79 Å². The van der Waals surface area contributed by atoms with Crippen LogP contribution >= 0.6 is 0 Å². The molecule has 1 fully saturated rings. The molecule has 0 saturated heterocycles. The molecule has 0 bridgehead atoms. The van der Waals surface area contributed by atoms with Crippen molar-refractivity contribution in [1.82, 2.24) is 0 Å². The number of ether oxygens (including phenoxy) is 1. The fraction of sp³-hybridized carbons (Fsp3) is 0.688. The Morgan fingerprint density at radius 1 is 1.22 bits per heavy atom. The van der Waals surface area contributed by atoms with Crippen molar-refractivity contribution >= 4 is 5.97 Å². The van der Waals surface area contributed by atoms with Gasteiger partial charge < -0.3 is 4.74 Å². The Morgan fingerprint density at radius 3 is 2.72 bits per heavy atom. The molecule has 0 aromatic carbocycles. The monoisotopic (exact) mass is 248 g/mol. The van der Waals surface area contributed by atoms with Gasteiger partial charge in [0.05, 0.1) is 0 Å². The summed E-state index contributed by atoms with van der Waals surface area (Å²) < 4.78 is 5.04. The molecule has 0 aliphatic heterocycles. The smallest absolute Gasteiger partial charge is 0.330 e. The summed E-state index contributed by atoms with van der Waals surface area (Å²) >= 11 is 0. The minimum Gasteiger partial charge on any atom is -0.462 e. The molecule has 1 saturated carbocycles. The molecule has 0 atom stereocenters. The van der Waals surface area contributed by atoms with Gasteiger partial charge >= 0.3 is 5.97 Å². The maximum Gasteiger partial charge on any atom is 0.330 e. The van der Waals surface area contributed by atoms with Crippen LogP contribution in [-0.2, 0) is 9.53 Å². The number of unbranched alkanes of at least 4 members (excludes halogenated alkanes) is 4. The van der Waals surface area contributed by atoms with Crippen LogP contribution in [0.3, 0.4) is 0 Å². The third-order valence-electron chi connectivity index (χ3n) is 2.88. The fourth-order valence-corrected chi connectivity index (χ4v) is 1.57. The van der Waals surface area contributed by atoms with Crippen molar-refractivity contribution in [3.05, 3.63) is 12.2 Å². The van der Waals surface area contributed by atoms with Gasteiger partial charge in [-0.25, -0.2) is 4.79 Å². The van der Waals surface area contributed by atoms with Gasteiger partial charge in [-0.15, -0.1) is 5.92 Å². The largest absolute Gasteiger partial charge is 0.462 e. The lowest BCUT2D eigenvalue weighted by Crippen LogP contribution is -2.01. The number of carbonyl (C=O) groups is 1. The van der Waals surface area contributed by atoms with Gasteiger partial charge in [0.1, 0.15) is 6.61 Å². The van der Waals surface area contributed by atoms with Crippen LogP contribution in [0.5, 0.6) is 0 Å². The Morgan fingerprint density at radius 2 is 2.00 bits per heavy atom. The SMILES string of the molecule is CCCCCCC#CCCOC(=O)/C=C/C1CC1. The van der Waals surface area contributed by atoms with Crippen LogP contribution in [0.25, 0.3) is 0 Å². The molecular formula is C16H24O2. The lowest BCUT2D eigenvalue weighted by atomic mass is 10.1. The number of rotatable bonds is 8. The quantitative estimate of drug-likeness (QED) is 0.282. The average Bonchev–Trinajstić information content (AvgIpc) is 3.18. The van der Waals surface area contributed by atoms with Crippen molar-refractivity contribution in [2.24, 2.45) is 5.92 Å². The molecule has 0 aromatic rings. The average molecular weight is 248 g/mol. The number of hydrogen-bond acceptors (Lipinski definition) is 2. The number of carbonyl (C=O) groups excluding carboxylic acids is 1. The Kier molecular flexibility index (Phi) is 8.04. The summed E-state index contributed by atoms with van der Waals surface area (Å²) in [6, 6.07) is 0. The molecule has 0 amide bonds. The van der Waals surface area contributed by atoms with Crippen LogP contribution in [0.15, 0.2) is 12.2 Å². The molecule has 2 nitrogen and oxygen atoms in total. The topological polar surface area (TPSA) is 26.3 Å². The molecule has 0 unspecified atom stereocenters. The number of hydrogen-bond donors (Lipinski definition) is 0. The first-order chi connectivity index (χ1) is 8.83. The first-order valence-corrected chi connectivity index (χ1v) is 7.13. The molecule has 0 radical (unpaired) electrons. The van der Waals surface area contributed by atoms with E-state index in [-0.39, 0.29) is 5.97 Å². The maximum atomic E-state index is 11.2. The van der Waals surface area contributed by atoms with Gasteiger partial charge in [-0.05, 0) is 25.2 Å². The van der Waals surface area contributed by atoms with Crippen molar-refractivity contribution in [2.45, 2.75) is 58.3 Å². The van der Waals surface area contributed by atoms with E-state index in [2.05, 4.69) is 18.8 Å². The summed E-state index contributed by atoms with van der Waals surface area (Å²) in [7, 11) is 0. The zero-order valence-electron chi connectivity index (χ0n) is 11.4. The van der Waals surface area contributed by atoms with Crippen molar-refractivity contribution in [3.8, 4) is 11.8 Å². The third-order valence-corrected chi connectivity index (χ3v) is 2.88. The van der Waals surface area contributed by atoms with Crippen LogP contribution in [0.1, 0.15) is 58.3 Å². The van der Waals surface area contributed by atoms with E-state index in [0.717, 1.165) is 6.42 Å². The van der Waals surface area contributed by atoms with Gasteiger partial charge in [0.15, 0.2) is 0 Å². The molecule has 0 heterocycles. The molecule has 100 valence electrons. The van der Waals surface area contributed by atoms with Gasteiger partial charge in [-0.2, -0.15) is 0 Å². The Bertz CT molecular complexity index is 316. The standard InChI is InChI=1S/C16H24O2/c1-2-3-4-5-6-7-8-9-14-18-16(17)13-12-15-10-11-15/h12-13,15H,2-6,9-11,14H2,1H3/b13-12+. The number of allylic oxidation sites excluding steroid dienone is 1. The van der Waals surface area contributed by atoms with E-state index in [1.165, 1.54) is 38.5 Å². The zero-order valence-corrected chi connectivity index (χ0v) is 11.4. The van der Waals surface area contributed by atoms with E-state index >= 15 is 0 Å². The Labute approximate surface area is 111 Å². The summed E-state index contributed by atoms with van der Waals surface area (Å²) in [4.78, 5) is 11.2. The van der Waals surface area contributed by atoms with Gasteiger partial charge in [0.2, 0.25) is 0 Å². The Hall–Kier alpha value is -1.23. The van der Waals surface area contributed by atoms with E-state index < -0.39 is 0 Å². The highest BCUT2D eigenvalue weighted by molar-refractivity contribution is 5.81. The summed E-state index contributed by atoms with van der Waals surface area (Å²) in [5.74, 6) is 6.56. The Balaban J connectivity index is 1.90. The fourth-order valence-electron chi connectivity index (χ4n) is 1.57. The maximum absolute atomic E-state index is 11.2. The van der Waals surface area contributed by atoms with Crippen LogP contribution < -0.4 is 0 Å². The summed E-state index contributed by atoms with van der Waals surface area (Å²) in [6.07, 6.45) is 12.6. The molecule has 0 aromatic heterocycles. The van der Waals surface area contributed by atoms with Gasteiger partial charge in [-0.3, -0.25) is 0 Å². The zero-order chi connectivity index (χ0) is 13.1. The minimum absolute atomic E-state index is 0.230. The van der Waals surface area contributed by atoms with Crippen molar-refractivity contribution < 1.29 is 9.53 Å². The highest BCUT2D eigenvalue weighted by Crippen LogP contribution is 2.29. The van der Waals surface area contributed by atoms with Crippen LogP contribution in [0.4, 0.5) is 0 Å². The highest BCUT2D eigenvalue weighted by atomic mass is 16.5. The van der Waals surface area contributed by atoms with E-state index in [1.807, 2.05) is 6.08 Å². The molecule has 0 N–H and O–H groups in total. The highest BCUT2D eigenvalue weighted by Gasteiger charge is 2.17. The minimum atomic E-state index is -0.230. The van der Waals surface area contributed by atoms with Gasteiger partial charge in [-0.1, -0.05) is 38.2 Å². The van der Waals surface area contributed by atoms with Crippen molar-refractivity contribution in [1.29, 1.82) is 0 Å². The molecule has 18 heavy (non-hydrogen) atoms. The lowest BCUT2D eigenvalue weighted by Gasteiger charge is -1.96. The second kappa shape index (κ2) is 9.76. The molecule has 2 heteroatoms. The molecule has 1 aliphatic carbocycles. The lowest BCUT2D eigenvalue weighted by molar-refractivity contribution is -0.137. The van der Waals surface area contributed by atoms with Crippen LogP contribution in [-0.4, -0.2) is 12.6 Å². The summed E-state index contributed by atoms with van der Waals surface area (Å²) in [5, 5.41) is 0. The second-order valence-corrected chi connectivity index (χ2v) is 4.78. The molecule has 1 aliphatic rings. The first-order valence-electron chi connectivity index (χ1n) is 7.13. The first kappa shape index (κ1) is 14.8. The van der Waals surface area contributed by atoms with Gasteiger partial charge in [0, 0.05) is 18.9 Å². The molecular weight excluding hydrogens is 224 g/mol. The predicted octanol–water partition coefficient (Wildman–Crippen LogP) is 3.86. The summed E-state index contributed by atoms with van der Waals surface area (Å²) in [5.41, 5.74) is 0. The third kappa shape index (κ3) is 8.87. The molecule has 1 rings (SSSR count). The molecule has 0 spiro atoms. The number of esters is 1. The van der Waals surface area contributed by atoms with E-state index in [1.54, 1.807) is 6.08 Å². The normalized spacial score (nSPS) is 14.3. The van der Waals surface area contributed by atoms with E-state index in [4.69, 9.17) is 4.74 Å². The van der Waals surface area contributed by atoms with Crippen LogP contribution in [0.2, 0.25) is 0 Å². The van der Waals surface area contributed by atoms with Crippen LogP contribution in [0, 0.1) is 17.8 Å². The van der Waals surface area contributed by atoms with E-state index in [0.29, 0.717) is 18.9 Å². The van der Waals surface area contributed by atoms with Gasteiger partial charge in [0.25, 0.3) is 0 Å².